The van der Waals surface area contributed by atoms with Crippen LogP contribution in [0.25, 0.3) is 0 Å². The number of carbonyl (C=O) groups excluding carboxylic acids is 1. The van der Waals surface area contributed by atoms with Gasteiger partial charge in [0.15, 0.2) is 5.11 Å². The summed E-state index contributed by atoms with van der Waals surface area (Å²) in [6, 6.07) is 1.99. The molecule has 0 aliphatic carbocycles. The van der Waals surface area contributed by atoms with Gasteiger partial charge < -0.3 is 10.1 Å². The maximum atomic E-state index is 12.5. The van der Waals surface area contributed by atoms with Crippen molar-refractivity contribution in [3.05, 3.63) is 22.3 Å². The summed E-state index contributed by atoms with van der Waals surface area (Å²) in [5.41, 5.74) is -1.08. The Morgan fingerprint density at radius 1 is 1.50 bits per heavy atom. The number of ether oxygens (including phenoxy) is 1. The summed E-state index contributed by atoms with van der Waals surface area (Å²) in [6.07, 6.45) is -5.39. The molecule has 20 heavy (non-hydrogen) atoms. The Balaban J connectivity index is 2.81. The molecule has 5 nitrogen and oxygen atoms in total. The fraction of sp³-hybridized carbons (Fsp3) is 0.300. The van der Waals surface area contributed by atoms with Gasteiger partial charge in [0.05, 0.1) is 11.1 Å². The molecule has 0 unspecified atom stereocenters. The molecule has 0 atom stereocenters. The first-order valence-electron chi connectivity index (χ1n) is 5.22. The number of anilines is 1. The Morgan fingerprint density at radius 3 is 2.70 bits per heavy atom. The Kier molecular flexibility index (Phi) is 5.69. The zero-order chi connectivity index (χ0) is 15.3. The highest BCUT2D eigenvalue weighted by Gasteiger charge is 2.33. The number of alkyl carbamates (subject to hydrolysis) is 1. The van der Waals surface area contributed by atoms with Gasteiger partial charge in [0.25, 0.3) is 0 Å². The topological polar surface area (TPSA) is 63.2 Å². The molecule has 1 rings (SSSR count). The van der Waals surface area contributed by atoms with E-state index < -0.39 is 18.0 Å². The smallest absolute Gasteiger partial charge is 0.433 e. The molecule has 0 aromatic carbocycles. The number of hydrogen-bond donors (Lipinski definition) is 2. The number of aromatic nitrogens is 1. The van der Waals surface area contributed by atoms with E-state index in [1.54, 1.807) is 6.92 Å². The summed E-state index contributed by atoms with van der Waals surface area (Å²) in [6.45, 7) is 1.74. The molecule has 0 aliphatic rings. The third-order valence-corrected chi connectivity index (χ3v) is 2.70. The van der Waals surface area contributed by atoms with E-state index in [0.29, 0.717) is 0 Å². The van der Waals surface area contributed by atoms with Crippen LogP contribution in [0.2, 0.25) is 0 Å². The van der Waals surface area contributed by atoms with Crippen LogP contribution in [0.3, 0.4) is 0 Å². The third kappa shape index (κ3) is 4.93. The van der Waals surface area contributed by atoms with Gasteiger partial charge in [-0.1, -0.05) is 0 Å². The number of hydrogen-bond acceptors (Lipinski definition) is 4. The van der Waals surface area contributed by atoms with Gasteiger partial charge in [-0.25, -0.2) is 9.78 Å². The lowest BCUT2D eigenvalue weighted by atomic mass is 10.3. The molecule has 0 bridgehead atoms. The Morgan fingerprint density at radius 2 is 2.15 bits per heavy atom. The van der Waals surface area contributed by atoms with Crippen LogP contribution in [0.4, 0.5) is 23.8 Å². The number of nitrogens with zero attached hydrogens (tertiary/aromatic N) is 1. The number of amides is 1. The summed E-state index contributed by atoms with van der Waals surface area (Å²) >= 11 is 7.78. The first-order chi connectivity index (χ1) is 9.24. The van der Waals surface area contributed by atoms with E-state index in [2.05, 4.69) is 36.3 Å². The van der Waals surface area contributed by atoms with E-state index in [-0.39, 0.29) is 22.0 Å². The van der Waals surface area contributed by atoms with E-state index in [4.69, 9.17) is 12.2 Å². The molecule has 0 radical (unpaired) electrons. The zero-order valence-corrected chi connectivity index (χ0v) is 12.4. The van der Waals surface area contributed by atoms with Crippen LogP contribution in [0.5, 0.6) is 0 Å². The lowest BCUT2D eigenvalue weighted by Crippen LogP contribution is -2.35. The maximum absolute atomic E-state index is 12.5. The highest BCUT2D eigenvalue weighted by Crippen LogP contribution is 2.30. The van der Waals surface area contributed by atoms with Crippen LogP contribution >= 0.6 is 28.1 Å². The van der Waals surface area contributed by atoms with Gasteiger partial charge in [0.2, 0.25) is 0 Å². The summed E-state index contributed by atoms with van der Waals surface area (Å²) in [5.74, 6) is -0.165. The van der Waals surface area contributed by atoms with Crippen molar-refractivity contribution in [1.82, 2.24) is 10.3 Å². The molecular formula is C10H9BrF3N3O2S. The zero-order valence-electron chi connectivity index (χ0n) is 10.0. The summed E-state index contributed by atoms with van der Waals surface area (Å²) in [4.78, 5) is 14.5. The van der Waals surface area contributed by atoms with E-state index in [1.807, 2.05) is 0 Å². The normalized spacial score (nSPS) is 10.8. The predicted octanol–water partition coefficient (Wildman–Crippen LogP) is 3.31. The number of thiocarbonyl (C=S) groups is 1. The van der Waals surface area contributed by atoms with Gasteiger partial charge >= 0.3 is 12.3 Å². The molecule has 1 aromatic rings. The van der Waals surface area contributed by atoms with Crippen LogP contribution in [-0.2, 0) is 10.9 Å². The molecule has 2 N–H and O–H groups in total. The Labute approximate surface area is 126 Å². The standard InChI is InChI=1S/C10H9BrF3N3O2S/c1-2-19-9(18)17-8(20)16-7-5(11)3-4-6(15-7)10(12,13)14/h3-4H,2H2,1H3,(H2,15,16,17,18,20). The molecule has 110 valence electrons. The second-order valence-electron chi connectivity index (χ2n) is 3.32. The monoisotopic (exact) mass is 371 g/mol. The average Bonchev–Trinajstić information content (AvgIpc) is 2.30. The highest BCUT2D eigenvalue weighted by atomic mass is 79.9. The molecule has 0 fully saturated rings. The number of nitrogens with one attached hydrogen (secondary N) is 2. The molecular weight excluding hydrogens is 363 g/mol. The van der Waals surface area contributed by atoms with Crippen molar-refractivity contribution >= 4 is 45.2 Å². The molecule has 1 amide bonds. The van der Waals surface area contributed by atoms with Crippen molar-refractivity contribution < 1.29 is 22.7 Å². The number of rotatable bonds is 2. The van der Waals surface area contributed by atoms with Gasteiger partial charge in [-0.05, 0) is 47.2 Å². The van der Waals surface area contributed by atoms with E-state index >= 15 is 0 Å². The molecule has 0 aliphatic heterocycles. The van der Waals surface area contributed by atoms with Gasteiger partial charge in [0.1, 0.15) is 11.5 Å². The lowest BCUT2D eigenvalue weighted by Gasteiger charge is -2.12. The van der Waals surface area contributed by atoms with E-state index in [9.17, 15) is 18.0 Å². The van der Waals surface area contributed by atoms with Crippen LogP contribution in [0, 0.1) is 0 Å². The number of carbonyl (C=O) groups is 1. The molecule has 1 heterocycles. The summed E-state index contributed by atoms with van der Waals surface area (Å²) in [5, 5.41) is 4.28. The van der Waals surface area contributed by atoms with Gasteiger partial charge in [-0.2, -0.15) is 13.2 Å². The van der Waals surface area contributed by atoms with E-state index in [0.717, 1.165) is 6.07 Å². The lowest BCUT2D eigenvalue weighted by molar-refractivity contribution is -0.141. The van der Waals surface area contributed by atoms with Crippen molar-refractivity contribution in [3.63, 3.8) is 0 Å². The molecule has 10 heteroatoms. The fourth-order valence-corrected chi connectivity index (χ4v) is 1.59. The van der Waals surface area contributed by atoms with Crippen molar-refractivity contribution in [2.24, 2.45) is 0 Å². The Bertz CT molecular complexity index is 525. The maximum Gasteiger partial charge on any atom is 0.433 e. The minimum Gasteiger partial charge on any atom is -0.450 e. The minimum absolute atomic E-state index is 0.139. The average molecular weight is 372 g/mol. The largest absolute Gasteiger partial charge is 0.450 e. The van der Waals surface area contributed by atoms with Crippen LogP contribution in [-0.4, -0.2) is 22.8 Å². The SMILES string of the molecule is CCOC(=O)NC(=S)Nc1nc(C(F)(F)F)ccc1Br. The van der Waals surface area contributed by atoms with Gasteiger partial charge in [0, 0.05) is 0 Å². The second kappa shape index (κ2) is 6.84. The number of alkyl halides is 3. The molecule has 0 saturated heterocycles. The highest BCUT2D eigenvalue weighted by molar-refractivity contribution is 9.10. The number of pyridine rings is 1. The first kappa shape index (κ1) is 16.6. The van der Waals surface area contributed by atoms with Crippen molar-refractivity contribution in [3.8, 4) is 0 Å². The van der Waals surface area contributed by atoms with Crippen LogP contribution in [0.15, 0.2) is 16.6 Å². The van der Waals surface area contributed by atoms with E-state index in [1.165, 1.54) is 6.07 Å². The fourth-order valence-electron chi connectivity index (χ4n) is 1.09. The third-order valence-electron chi connectivity index (χ3n) is 1.86. The molecule has 1 aromatic heterocycles. The quantitative estimate of drug-likeness (QED) is 0.780. The summed E-state index contributed by atoms with van der Waals surface area (Å²) in [7, 11) is 0. The summed E-state index contributed by atoms with van der Waals surface area (Å²) < 4.78 is 42.4. The first-order valence-corrected chi connectivity index (χ1v) is 6.42. The minimum atomic E-state index is -4.58. The number of halogens is 4. The van der Waals surface area contributed by atoms with Crippen molar-refractivity contribution in [2.75, 3.05) is 11.9 Å². The van der Waals surface area contributed by atoms with Gasteiger partial charge in [-0.3, -0.25) is 5.32 Å². The molecule has 0 saturated carbocycles. The van der Waals surface area contributed by atoms with Crippen LogP contribution < -0.4 is 10.6 Å². The predicted molar refractivity (Wildman–Crippen MR) is 73.3 cm³/mol. The molecule has 0 spiro atoms. The second-order valence-corrected chi connectivity index (χ2v) is 4.59. The van der Waals surface area contributed by atoms with Crippen LogP contribution in [0.1, 0.15) is 12.6 Å². The van der Waals surface area contributed by atoms with Crippen molar-refractivity contribution in [2.45, 2.75) is 13.1 Å². The van der Waals surface area contributed by atoms with Crippen molar-refractivity contribution in [1.29, 1.82) is 0 Å². The Hall–Kier alpha value is -1.42. The van der Waals surface area contributed by atoms with Gasteiger partial charge in [-0.15, -0.1) is 0 Å².